The van der Waals surface area contributed by atoms with Gasteiger partial charge in [-0.05, 0) is 18.2 Å². The van der Waals surface area contributed by atoms with E-state index in [0.29, 0.717) is 11.8 Å². The SMILES string of the molecule is CN1CCN(c2nccc(N)n2)c2ccccc21. The molecule has 0 saturated heterocycles. The summed E-state index contributed by atoms with van der Waals surface area (Å²) < 4.78 is 0. The monoisotopic (exact) mass is 241 g/mol. The summed E-state index contributed by atoms with van der Waals surface area (Å²) in [6.07, 6.45) is 1.69. The predicted molar refractivity (Wildman–Crippen MR) is 73.2 cm³/mol. The molecule has 0 saturated carbocycles. The smallest absolute Gasteiger partial charge is 0.231 e. The molecule has 2 aromatic rings. The van der Waals surface area contributed by atoms with Gasteiger partial charge in [0.15, 0.2) is 0 Å². The first-order valence-corrected chi connectivity index (χ1v) is 5.92. The van der Waals surface area contributed by atoms with E-state index in [-0.39, 0.29) is 0 Å². The number of nitrogens with zero attached hydrogens (tertiary/aromatic N) is 4. The standard InChI is InChI=1S/C13H15N5/c1-17-8-9-18(11-5-3-2-4-10(11)17)13-15-7-6-12(14)16-13/h2-7H,8-9H2,1H3,(H2,14,15,16). The summed E-state index contributed by atoms with van der Waals surface area (Å²) in [5.41, 5.74) is 8.04. The molecule has 5 nitrogen and oxygen atoms in total. The molecule has 1 aromatic carbocycles. The van der Waals surface area contributed by atoms with Crippen LogP contribution in [0.15, 0.2) is 36.5 Å². The summed E-state index contributed by atoms with van der Waals surface area (Å²) in [6.45, 7) is 1.80. The number of rotatable bonds is 1. The lowest BCUT2D eigenvalue weighted by Crippen LogP contribution is -2.37. The lowest BCUT2D eigenvalue weighted by Gasteiger charge is -2.35. The Balaban J connectivity index is 2.07. The summed E-state index contributed by atoms with van der Waals surface area (Å²) in [5, 5.41) is 0. The first-order chi connectivity index (χ1) is 8.75. The van der Waals surface area contributed by atoms with Crippen LogP contribution in [0.5, 0.6) is 0 Å². The molecule has 18 heavy (non-hydrogen) atoms. The molecule has 1 aromatic heterocycles. The maximum Gasteiger partial charge on any atom is 0.231 e. The zero-order valence-electron chi connectivity index (χ0n) is 10.2. The number of anilines is 4. The Hall–Kier alpha value is -2.30. The van der Waals surface area contributed by atoms with E-state index in [0.717, 1.165) is 18.8 Å². The van der Waals surface area contributed by atoms with Gasteiger partial charge in [-0.25, -0.2) is 4.98 Å². The summed E-state index contributed by atoms with van der Waals surface area (Å²) in [4.78, 5) is 12.9. The van der Waals surface area contributed by atoms with Gasteiger partial charge in [0.25, 0.3) is 0 Å². The van der Waals surface area contributed by atoms with Crippen molar-refractivity contribution in [2.45, 2.75) is 0 Å². The number of hydrogen-bond acceptors (Lipinski definition) is 5. The van der Waals surface area contributed by atoms with Crippen LogP contribution in [0.3, 0.4) is 0 Å². The number of benzene rings is 1. The summed E-state index contributed by atoms with van der Waals surface area (Å²) in [7, 11) is 2.09. The molecule has 2 N–H and O–H groups in total. The van der Waals surface area contributed by atoms with E-state index in [1.54, 1.807) is 12.3 Å². The summed E-state index contributed by atoms with van der Waals surface area (Å²) >= 11 is 0. The average molecular weight is 241 g/mol. The normalized spacial score (nSPS) is 14.5. The minimum Gasteiger partial charge on any atom is -0.384 e. The van der Waals surface area contributed by atoms with E-state index in [9.17, 15) is 0 Å². The molecule has 0 radical (unpaired) electrons. The zero-order valence-corrected chi connectivity index (χ0v) is 10.2. The Bertz CT molecular complexity index is 569. The quantitative estimate of drug-likeness (QED) is 0.822. The van der Waals surface area contributed by atoms with Crippen LogP contribution in [-0.4, -0.2) is 30.1 Å². The van der Waals surface area contributed by atoms with Crippen molar-refractivity contribution in [1.82, 2.24) is 9.97 Å². The van der Waals surface area contributed by atoms with Crippen molar-refractivity contribution in [3.05, 3.63) is 36.5 Å². The van der Waals surface area contributed by atoms with E-state index in [1.165, 1.54) is 5.69 Å². The molecule has 92 valence electrons. The number of nitrogens with two attached hydrogens (primary N) is 1. The number of fused-ring (bicyclic) bond motifs is 1. The molecule has 1 aliphatic heterocycles. The van der Waals surface area contributed by atoms with Gasteiger partial charge < -0.3 is 15.5 Å². The fourth-order valence-electron chi connectivity index (χ4n) is 2.21. The molecule has 0 fully saturated rings. The largest absolute Gasteiger partial charge is 0.384 e. The van der Waals surface area contributed by atoms with Gasteiger partial charge in [-0.2, -0.15) is 4.98 Å². The van der Waals surface area contributed by atoms with E-state index in [2.05, 4.69) is 38.9 Å². The van der Waals surface area contributed by atoms with E-state index >= 15 is 0 Å². The van der Waals surface area contributed by atoms with Crippen LogP contribution >= 0.6 is 0 Å². The first kappa shape index (κ1) is 10.8. The second-order valence-corrected chi connectivity index (χ2v) is 4.34. The predicted octanol–water partition coefficient (Wildman–Crippen LogP) is 1.65. The van der Waals surface area contributed by atoms with Gasteiger partial charge in [-0.1, -0.05) is 12.1 Å². The number of para-hydroxylation sites is 2. The minimum atomic E-state index is 0.497. The molecule has 0 amide bonds. The fourth-order valence-corrected chi connectivity index (χ4v) is 2.21. The Morgan fingerprint density at radius 3 is 2.67 bits per heavy atom. The van der Waals surface area contributed by atoms with Gasteiger partial charge in [0.05, 0.1) is 11.4 Å². The van der Waals surface area contributed by atoms with Gasteiger partial charge in [-0.15, -0.1) is 0 Å². The number of likely N-dealkylation sites (N-methyl/N-ethyl adjacent to an activating group) is 1. The molecule has 5 heteroatoms. The Morgan fingerprint density at radius 2 is 1.89 bits per heavy atom. The first-order valence-electron chi connectivity index (χ1n) is 5.92. The lowest BCUT2D eigenvalue weighted by molar-refractivity contribution is 0.802. The summed E-state index contributed by atoms with van der Waals surface area (Å²) in [6, 6.07) is 9.95. The molecule has 0 bridgehead atoms. The van der Waals surface area contributed by atoms with Gasteiger partial charge in [-0.3, -0.25) is 0 Å². The van der Waals surface area contributed by atoms with E-state index in [1.807, 2.05) is 12.1 Å². The van der Waals surface area contributed by atoms with Crippen LogP contribution in [0.4, 0.5) is 23.1 Å². The zero-order chi connectivity index (χ0) is 12.5. The second kappa shape index (κ2) is 4.18. The highest BCUT2D eigenvalue weighted by Gasteiger charge is 2.22. The highest BCUT2D eigenvalue weighted by molar-refractivity contribution is 5.77. The Morgan fingerprint density at radius 1 is 1.11 bits per heavy atom. The molecule has 0 unspecified atom stereocenters. The molecule has 0 atom stereocenters. The van der Waals surface area contributed by atoms with Gasteiger partial charge in [0.1, 0.15) is 5.82 Å². The summed E-state index contributed by atoms with van der Waals surface area (Å²) in [5.74, 6) is 1.16. The van der Waals surface area contributed by atoms with E-state index < -0.39 is 0 Å². The van der Waals surface area contributed by atoms with E-state index in [4.69, 9.17) is 5.73 Å². The molecular formula is C13H15N5. The lowest BCUT2D eigenvalue weighted by atomic mass is 10.2. The van der Waals surface area contributed by atoms with Gasteiger partial charge >= 0.3 is 0 Å². The van der Waals surface area contributed by atoms with Crippen molar-refractivity contribution in [3.63, 3.8) is 0 Å². The fraction of sp³-hybridized carbons (Fsp3) is 0.231. The van der Waals surface area contributed by atoms with Crippen molar-refractivity contribution in [2.75, 3.05) is 35.7 Å². The van der Waals surface area contributed by atoms with Crippen LogP contribution in [0, 0.1) is 0 Å². The molecule has 2 heterocycles. The van der Waals surface area contributed by atoms with Crippen LogP contribution in [0.1, 0.15) is 0 Å². The topological polar surface area (TPSA) is 58.3 Å². The number of nitrogen functional groups attached to an aromatic ring is 1. The third-order valence-corrected chi connectivity index (χ3v) is 3.15. The van der Waals surface area contributed by atoms with Crippen molar-refractivity contribution < 1.29 is 0 Å². The van der Waals surface area contributed by atoms with Crippen molar-refractivity contribution in [3.8, 4) is 0 Å². The highest BCUT2D eigenvalue weighted by atomic mass is 15.3. The van der Waals surface area contributed by atoms with Crippen molar-refractivity contribution in [1.29, 1.82) is 0 Å². The molecule has 0 aliphatic carbocycles. The maximum absolute atomic E-state index is 5.72. The average Bonchev–Trinajstić information content (AvgIpc) is 2.39. The van der Waals surface area contributed by atoms with Crippen LogP contribution in [0.25, 0.3) is 0 Å². The molecule has 3 rings (SSSR count). The molecule has 1 aliphatic rings. The number of hydrogen-bond donors (Lipinski definition) is 1. The Kier molecular flexibility index (Phi) is 2.51. The van der Waals surface area contributed by atoms with Gasteiger partial charge in [0.2, 0.25) is 5.95 Å². The van der Waals surface area contributed by atoms with Crippen molar-refractivity contribution in [2.24, 2.45) is 0 Å². The number of aromatic nitrogens is 2. The molecular weight excluding hydrogens is 226 g/mol. The Labute approximate surface area is 106 Å². The van der Waals surface area contributed by atoms with Crippen molar-refractivity contribution >= 4 is 23.1 Å². The highest BCUT2D eigenvalue weighted by Crippen LogP contribution is 2.35. The second-order valence-electron chi connectivity index (χ2n) is 4.34. The third-order valence-electron chi connectivity index (χ3n) is 3.15. The van der Waals surface area contributed by atoms with Gasteiger partial charge in [0, 0.05) is 26.3 Å². The van der Waals surface area contributed by atoms with Crippen LogP contribution in [-0.2, 0) is 0 Å². The third kappa shape index (κ3) is 1.73. The minimum absolute atomic E-state index is 0.497. The van der Waals surface area contributed by atoms with Crippen LogP contribution in [0.2, 0.25) is 0 Å². The maximum atomic E-state index is 5.72. The van der Waals surface area contributed by atoms with Crippen LogP contribution < -0.4 is 15.5 Å². The molecule has 0 spiro atoms.